The molecule has 1 aromatic rings. The van der Waals surface area contributed by atoms with E-state index in [0.29, 0.717) is 0 Å². The number of hydrogen-bond donors (Lipinski definition) is 0. The SMILES string of the molecule is CC(Br)c1ccc(C(F)F)nc1. The van der Waals surface area contributed by atoms with Crippen LogP contribution in [0, 0.1) is 0 Å². The molecule has 1 nitrogen and oxygen atoms in total. The summed E-state index contributed by atoms with van der Waals surface area (Å²) in [7, 11) is 0. The molecule has 0 aliphatic rings. The van der Waals surface area contributed by atoms with Crippen LogP contribution in [-0.2, 0) is 0 Å². The fraction of sp³-hybridized carbons (Fsp3) is 0.375. The summed E-state index contributed by atoms with van der Waals surface area (Å²) in [6, 6.07) is 2.99. The largest absolute Gasteiger partial charge is 0.280 e. The second-order valence-corrected chi connectivity index (χ2v) is 3.81. The molecule has 0 saturated heterocycles. The summed E-state index contributed by atoms with van der Waals surface area (Å²) in [5.74, 6) is 0. The van der Waals surface area contributed by atoms with Crippen LogP contribution >= 0.6 is 15.9 Å². The quantitative estimate of drug-likeness (QED) is 0.716. The van der Waals surface area contributed by atoms with Gasteiger partial charge in [0.15, 0.2) is 0 Å². The fourth-order valence-electron chi connectivity index (χ4n) is 0.781. The summed E-state index contributed by atoms with van der Waals surface area (Å²) >= 11 is 3.32. The number of rotatable bonds is 2. The summed E-state index contributed by atoms with van der Waals surface area (Å²) in [6.45, 7) is 1.92. The molecule has 66 valence electrons. The maximum atomic E-state index is 12.0. The molecule has 0 radical (unpaired) electrons. The first kappa shape index (κ1) is 9.58. The Morgan fingerprint density at radius 2 is 2.08 bits per heavy atom. The Morgan fingerprint density at radius 3 is 2.42 bits per heavy atom. The minimum absolute atomic E-state index is 0.150. The number of aromatic nitrogens is 1. The van der Waals surface area contributed by atoms with Crippen molar-refractivity contribution in [3.63, 3.8) is 0 Å². The first-order valence-corrected chi connectivity index (χ1v) is 4.41. The van der Waals surface area contributed by atoms with Gasteiger partial charge in [0.25, 0.3) is 6.43 Å². The van der Waals surface area contributed by atoms with Crippen molar-refractivity contribution >= 4 is 15.9 Å². The van der Waals surface area contributed by atoms with E-state index in [9.17, 15) is 8.78 Å². The van der Waals surface area contributed by atoms with E-state index in [-0.39, 0.29) is 10.5 Å². The molecule has 12 heavy (non-hydrogen) atoms. The predicted molar refractivity (Wildman–Crippen MR) is 46.5 cm³/mol. The molecule has 0 bridgehead atoms. The third-order valence-electron chi connectivity index (χ3n) is 1.49. The molecule has 0 spiro atoms. The Balaban J connectivity index is 2.86. The van der Waals surface area contributed by atoms with Gasteiger partial charge in [-0.2, -0.15) is 0 Å². The number of alkyl halides is 3. The standard InChI is InChI=1S/C8H8BrF2N/c1-5(9)6-2-3-7(8(10)11)12-4-6/h2-5,8H,1H3. The van der Waals surface area contributed by atoms with E-state index in [2.05, 4.69) is 20.9 Å². The van der Waals surface area contributed by atoms with Gasteiger partial charge in [0.1, 0.15) is 5.69 Å². The molecule has 0 aliphatic heterocycles. The maximum Gasteiger partial charge on any atom is 0.280 e. The van der Waals surface area contributed by atoms with Gasteiger partial charge in [0, 0.05) is 11.0 Å². The minimum atomic E-state index is -2.48. The highest BCUT2D eigenvalue weighted by atomic mass is 79.9. The molecule has 1 aromatic heterocycles. The average molecular weight is 236 g/mol. The molecule has 1 unspecified atom stereocenters. The lowest BCUT2D eigenvalue weighted by molar-refractivity contribution is 0.146. The fourth-order valence-corrected chi connectivity index (χ4v) is 1.05. The monoisotopic (exact) mass is 235 g/mol. The third kappa shape index (κ3) is 2.24. The van der Waals surface area contributed by atoms with Crippen LogP contribution in [0.3, 0.4) is 0 Å². The molecule has 0 amide bonds. The summed E-state index contributed by atoms with van der Waals surface area (Å²) < 4.78 is 24.1. The zero-order valence-corrected chi connectivity index (χ0v) is 8.05. The van der Waals surface area contributed by atoms with Crippen LogP contribution in [0.1, 0.15) is 29.4 Å². The van der Waals surface area contributed by atoms with E-state index in [1.165, 1.54) is 12.3 Å². The maximum absolute atomic E-state index is 12.0. The van der Waals surface area contributed by atoms with Crippen LogP contribution in [-0.4, -0.2) is 4.98 Å². The lowest BCUT2D eigenvalue weighted by atomic mass is 10.2. The normalized spacial score (nSPS) is 13.4. The highest BCUT2D eigenvalue weighted by Gasteiger charge is 2.08. The first-order chi connectivity index (χ1) is 5.61. The van der Waals surface area contributed by atoms with Gasteiger partial charge < -0.3 is 0 Å². The van der Waals surface area contributed by atoms with Crippen molar-refractivity contribution in [2.75, 3.05) is 0 Å². The van der Waals surface area contributed by atoms with E-state index in [4.69, 9.17) is 0 Å². The number of halogens is 3. The molecule has 0 aromatic carbocycles. The van der Waals surface area contributed by atoms with Gasteiger partial charge in [0.05, 0.1) is 0 Å². The van der Waals surface area contributed by atoms with Gasteiger partial charge >= 0.3 is 0 Å². The number of hydrogen-bond acceptors (Lipinski definition) is 1. The van der Waals surface area contributed by atoms with E-state index in [0.717, 1.165) is 5.56 Å². The molecule has 1 rings (SSSR count). The van der Waals surface area contributed by atoms with Crippen LogP contribution < -0.4 is 0 Å². The van der Waals surface area contributed by atoms with E-state index in [1.807, 2.05) is 6.92 Å². The molecule has 0 fully saturated rings. The van der Waals surface area contributed by atoms with Crippen LogP contribution in [0.15, 0.2) is 18.3 Å². The molecular formula is C8H8BrF2N. The Morgan fingerprint density at radius 1 is 1.42 bits per heavy atom. The summed E-state index contributed by atoms with van der Waals surface area (Å²) in [5.41, 5.74) is 0.728. The first-order valence-electron chi connectivity index (χ1n) is 3.49. The molecule has 1 atom stereocenters. The summed E-state index contributed by atoms with van der Waals surface area (Å²) in [6.07, 6.45) is -1.02. The summed E-state index contributed by atoms with van der Waals surface area (Å²) in [4.78, 5) is 3.77. The van der Waals surface area contributed by atoms with Crippen LogP contribution in [0.25, 0.3) is 0 Å². The third-order valence-corrected chi connectivity index (χ3v) is 2.02. The van der Waals surface area contributed by atoms with E-state index < -0.39 is 6.43 Å². The molecule has 0 N–H and O–H groups in total. The highest BCUT2D eigenvalue weighted by Crippen LogP contribution is 2.22. The lowest BCUT2D eigenvalue weighted by Crippen LogP contribution is -1.91. The van der Waals surface area contributed by atoms with Crippen molar-refractivity contribution in [2.24, 2.45) is 0 Å². The Kier molecular flexibility index (Phi) is 3.14. The smallest absolute Gasteiger partial charge is 0.255 e. The van der Waals surface area contributed by atoms with Crippen molar-refractivity contribution in [1.29, 1.82) is 0 Å². The van der Waals surface area contributed by atoms with Crippen molar-refractivity contribution in [3.8, 4) is 0 Å². The van der Waals surface area contributed by atoms with Gasteiger partial charge in [-0.25, -0.2) is 8.78 Å². The van der Waals surface area contributed by atoms with Crippen LogP contribution in [0.5, 0.6) is 0 Å². The number of nitrogens with zero attached hydrogens (tertiary/aromatic N) is 1. The van der Waals surface area contributed by atoms with Crippen molar-refractivity contribution in [1.82, 2.24) is 4.98 Å². The Bertz CT molecular complexity index is 219. The molecule has 0 aliphatic carbocycles. The topological polar surface area (TPSA) is 12.9 Å². The number of pyridine rings is 1. The van der Waals surface area contributed by atoms with E-state index in [1.54, 1.807) is 6.07 Å². The van der Waals surface area contributed by atoms with E-state index >= 15 is 0 Å². The van der Waals surface area contributed by atoms with Crippen molar-refractivity contribution in [3.05, 3.63) is 29.6 Å². The lowest BCUT2D eigenvalue weighted by Gasteiger charge is -2.03. The Labute approximate surface area is 77.9 Å². The summed E-state index contributed by atoms with van der Waals surface area (Å²) in [5, 5.41) is 0. The second-order valence-electron chi connectivity index (χ2n) is 2.43. The zero-order valence-electron chi connectivity index (χ0n) is 6.47. The van der Waals surface area contributed by atoms with Gasteiger partial charge in [0.2, 0.25) is 0 Å². The van der Waals surface area contributed by atoms with Gasteiger partial charge in [-0.05, 0) is 18.6 Å². The van der Waals surface area contributed by atoms with Crippen molar-refractivity contribution in [2.45, 2.75) is 18.2 Å². The van der Waals surface area contributed by atoms with Gasteiger partial charge in [-0.3, -0.25) is 4.98 Å². The molecule has 0 saturated carbocycles. The van der Waals surface area contributed by atoms with Gasteiger partial charge in [-0.1, -0.05) is 22.0 Å². The molecule has 4 heteroatoms. The second kappa shape index (κ2) is 3.94. The zero-order chi connectivity index (χ0) is 9.14. The highest BCUT2D eigenvalue weighted by molar-refractivity contribution is 9.09. The van der Waals surface area contributed by atoms with Crippen LogP contribution in [0.2, 0.25) is 0 Å². The Hall–Kier alpha value is -0.510. The predicted octanol–water partition coefficient (Wildman–Crippen LogP) is 3.48. The van der Waals surface area contributed by atoms with Crippen LogP contribution in [0.4, 0.5) is 8.78 Å². The molecular weight excluding hydrogens is 228 g/mol. The van der Waals surface area contributed by atoms with Crippen molar-refractivity contribution < 1.29 is 8.78 Å². The minimum Gasteiger partial charge on any atom is -0.255 e. The average Bonchev–Trinajstić information content (AvgIpc) is 2.04. The molecule has 1 heterocycles. The van der Waals surface area contributed by atoms with Gasteiger partial charge in [-0.15, -0.1) is 0 Å².